The second-order valence-corrected chi connectivity index (χ2v) is 6.44. The van der Waals surface area contributed by atoms with Gasteiger partial charge in [0.15, 0.2) is 0 Å². The van der Waals surface area contributed by atoms with Crippen molar-refractivity contribution in [2.24, 2.45) is 0 Å². The lowest BCUT2D eigenvalue weighted by Gasteiger charge is -2.07. The van der Waals surface area contributed by atoms with Gasteiger partial charge in [-0.25, -0.2) is 0 Å². The van der Waals surface area contributed by atoms with E-state index in [4.69, 9.17) is 4.18 Å². The largest absolute Gasteiger partial charge is 0.508 e. The van der Waals surface area contributed by atoms with Gasteiger partial charge in [-0.3, -0.25) is 4.18 Å². The Morgan fingerprint density at radius 2 is 1.71 bits per heavy atom. The Kier molecular flexibility index (Phi) is 4.98. The summed E-state index contributed by atoms with van der Waals surface area (Å²) in [4.78, 5) is 0.163. The van der Waals surface area contributed by atoms with Crippen molar-refractivity contribution in [2.75, 3.05) is 6.61 Å². The number of hydrogen-bond acceptors (Lipinski definition) is 4. The molecular weight excluding hydrogens is 288 g/mol. The van der Waals surface area contributed by atoms with Crippen molar-refractivity contribution in [2.45, 2.75) is 24.7 Å². The van der Waals surface area contributed by atoms with E-state index in [0.29, 0.717) is 12.8 Å². The van der Waals surface area contributed by atoms with E-state index in [-0.39, 0.29) is 17.3 Å². The highest BCUT2D eigenvalue weighted by Gasteiger charge is 2.14. The van der Waals surface area contributed by atoms with Crippen LogP contribution in [0, 0.1) is 6.92 Å². The predicted octanol–water partition coefficient (Wildman–Crippen LogP) is 3.04. The fourth-order valence-electron chi connectivity index (χ4n) is 1.93. The molecule has 0 amide bonds. The number of benzene rings is 2. The molecule has 0 aromatic heterocycles. The average molecular weight is 306 g/mol. The summed E-state index contributed by atoms with van der Waals surface area (Å²) in [6.45, 7) is 1.98. The standard InChI is InChI=1S/C16H18O4S/c1-13-8-10-15(11-9-13)21(18,19)20-12-4-6-14-5-2-3-7-16(14)17/h2-3,5,7-11,17H,4,6,12H2,1H3. The van der Waals surface area contributed by atoms with Crippen LogP contribution >= 0.6 is 0 Å². The van der Waals surface area contributed by atoms with Gasteiger partial charge in [0.1, 0.15) is 5.75 Å². The van der Waals surface area contributed by atoms with Crippen LogP contribution in [0.25, 0.3) is 0 Å². The molecule has 0 unspecified atom stereocenters. The van der Waals surface area contributed by atoms with Crippen molar-refractivity contribution >= 4 is 10.1 Å². The quantitative estimate of drug-likeness (QED) is 0.658. The molecule has 0 bridgehead atoms. The molecule has 0 aliphatic heterocycles. The molecule has 0 saturated heterocycles. The minimum Gasteiger partial charge on any atom is -0.508 e. The van der Waals surface area contributed by atoms with Crippen molar-refractivity contribution in [1.29, 1.82) is 0 Å². The topological polar surface area (TPSA) is 63.6 Å². The molecule has 2 aromatic rings. The van der Waals surface area contributed by atoms with Crippen LogP contribution in [0.1, 0.15) is 17.5 Å². The zero-order valence-corrected chi connectivity index (χ0v) is 12.6. The number of rotatable bonds is 6. The Labute approximate surface area is 125 Å². The second-order valence-electron chi connectivity index (χ2n) is 4.82. The fraction of sp³-hybridized carbons (Fsp3) is 0.250. The van der Waals surface area contributed by atoms with Crippen molar-refractivity contribution in [1.82, 2.24) is 0 Å². The number of aryl methyl sites for hydroxylation is 2. The van der Waals surface area contributed by atoms with Gasteiger partial charge in [0.05, 0.1) is 11.5 Å². The Hall–Kier alpha value is -1.85. The van der Waals surface area contributed by atoms with Gasteiger partial charge in [-0.1, -0.05) is 35.9 Å². The first-order valence-electron chi connectivity index (χ1n) is 6.72. The summed E-state index contributed by atoms with van der Waals surface area (Å²) in [7, 11) is -3.70. The lowest BCUT2D eigenvalue weighted by atomic mass is 10.1. The van der Waals surface area contributed by atoms with E-state index >= 15 is 0 Å². The van der Waals surface area contributed by atoms with Gasteiger partial charge in [0.25, 0.3) is 10.1 Å². The first-order chi connectivity index (χ1) is 9.99. The van der Waals surface area contributed by atoms with Gasteiger partial charge in [0.2, 0.25) is 0 Å². The first-order valence-corrected chi connectivity index (χ1v) is 8.13. The maximum atomic E-state index is 12.0. The van der Waals surface area contributed by atoms with Crippen LogP contribution in [0.5, 0.6) is 5.75 Å². The summed E-state index contributed by atoms with van der Waals surface area (Å²) >= 11 is 0. The zero-order valence-electron chi connectivity index (χ0n) is 11.8. The molecule has 0 aliphatic rings. The van der Waals surface area contributed by atoms with Crippen LogP contribution in [-0.2, 0) is 20.7 Å². The number of hydrogen-bond donors (Lipinski definition) is 1. The minimum absolute atomic E-state index is 0.0878. The third kappa shape index (κ3) is 4.31. The molecule has 0 radical (unpaired) electrons. The van der Waals surface area contributed by atoms with E-state index in [1.807, 2.05) is 19.1 Å². The molecule has 2 rings (SSSR count). The van der Waals surface area contributed by atoms with E-state index in [1.54, 1.807) is 24.3 Å². The van der Waals surface area contributed by atoms with Crippen LogP contribution in [0.4, 0.5) is 0 Å². The molecule has 21 heavy (non-hydrogen) atoms. The third-order valence-corrected chi connectivity index (χ3v) is 4.46. The second kappa shape index (κ2) is 6.74. The molecule has 0 heterocycles. The van der Waals surface area contributed by atoms with Crippen LogP contribution < -0.4 is 0 Å². The van der Waals surface area contributed by atoms with E-state index < -0.39 is 10.1 Å². The van der Waals surface area contributed by atoms with E-state index in [2.05, 4.69) is 0 Å². The summed E-state index contributed by atoms with van der Waals surface area (Å²) in [6.07, 6.45) is 1.08. The molecule has 0 spiro atoms. The summed E-state index contributed by atoms with van der Waals surface area (Å²) in [5, 5.41) is 9.61. The number of phenols is 1. The first kappa shape index (κ1) is 15.5. The Balaban J connectivity index is 1.88. The highest BCUT2D eigenvalue weighted by molar-refractivity contribution is 7.86. The lowest BCUT2D eigenvalue weighted by molar-refractivity contribution is 0.311. The number of phenolic OH excluding ortho intramolecular Hbond substituents is 1. The van der Waals surface area contributed by atoms with Gasteiger partial charge in [-0.15, -0.1) is 0 Å². The smallest absolute Gasteiger partial charge is 0.296 e. The molecule has 2 aromatic carbocycles. The van der Waals surface area contributed by atoms with Crippen LogP contribution in [0.15, 0.2) is 53.4 Å². The molecule has 0 aliphatic carbocycles. The highest BCUT2D eigenvalue weighted by Crippen LogP contribution is 2.18. The van der Waals surface area contributed by atoms with Crippen molar-refractivity contribution < 1.29 is 17.7 Å². The Morgan fingerprint density at radius 1 is 1.05 bits per heavy atom. The van der Waals surface area contributed by atoms with Crippen molar-refractivity contribution in [3.8, 4) is 5.75 Å². The van der Waals surface area contributed by atoms with Gasteiger partial charge in [0, 0.05) is 0 Å². The Bertz CT molecular complexity index is 690. The molecule has 4 nitrogen and oxygen atoms in total. The molecular formula is C16H18O4S. The van der Waals surface area contributed by atoms with Gasteiger partial charge in [-0.2, -0.15) is 8.42 Å². The molecule has 0 atom stereocenters. The van der Waals surface area contributed by atoms with Crippen LogP contribution in [0.3, 0.4) is 0 Å². The normalized spacial score (nSPS) is 11.5. The van der Waals surface area contributed by atoms with Gasteiger partial charge < -0.3 is 5.11 Å². The molecule has 5 heteroatoms. The number of aromatic hydroxyl groups is 1. The molecule has 0 saturated carbocycles. The zero-order chi connectivity index (χ0) is 15.3. The lowest BCUT2D eigenvalue weighted by Crippen LogP contribution is -2.08. The molecule has 0 fully saturated rings. The highest BCUT2D eigenvalue weighted by atomic mass is 32.2. The number of para-hydroxylation sites is 1. The van der Waals surface area contributed by atoms with Crippen LogP contribution in [0.2, 0.25) is 0 Å². The average Bonchev–Trinajstić information content (AvgIpc) is 2.46. The summed E-state index contributed by atoms with van der Waals surface area (Å²) < 4.78 is 28.9. The Morgan fingerprint density at radius 3 is 2.38 bits per heavy atom. The fourth-order valence-corrected chi connectivity index (χ4v) is 2.87. The van der Waals surface area contributed by atoms with Crippen LogP contribution in [-0.4, -0.2) is 20.1 Å². The third-order valence-electron chi connectivity index (χ3n) is 3.13. The summed E-state index contributed by atoms with van der Waals surface area (Å²) in [5.41, 5.74) is 1.78. The maximum absolute atomic E-state index is 12.0. The maximum Gasteiger partial charge on any atom is 0.296 e. The predicted molar refractivity (Wildman–Crippen MR) is 80.7 cm³/mol. The van der Waals surface area contributed by atoms with Crippen molar-refractivity contribution in [3.05, 3.63) is 59.7 Å². The van der Waals surface area contributed by atoms with E-state index in [9.17, 15) is 13.5 Å². The minimum atomic E-state index is -3.70. The molecule has 112 valence electrons. The SMILES string of the molecule is Cc1ccc(S(=O)(=O)OCCCc2ccccc2O)cc1. The van der Waals surface area contributed by atoms with Gasteiger partial charge in [-0.05, 0) is 43.5 Å². The molecule has 1 N–H and O–H groups in total. The van der Waals surface area contributed by atoms with E-state index in [0.717, 1.165) is 11.1 Å². The summed E-state index contributed by atoms with van der Waals surface area (Å²) in [5.74, 6) is 0.221. The van der Waals surface area contributed by atoms with E-state index in [1.165, 1.54) is 12.1 Å². The summed E-state index contributed by atoms with van der Waals surface area (Å²) in [6, 6.07) is 13.5. The van der Waals surface area contributed by atoms with Gasteiger partial charge >= 0.3 is 0 Å². The van der Waals surface area contributed by atoms with Crippen molar-refractivity contribution in [3.63, 3.8) is 0 Å². The monoisotopic (exact) mass is 306 g/mol.